The van der Waals surface area contributed by atoms with E-state index in [1.54, 1.807) is 0 Å². The summed E-state index contributed by atoms with van der Waals surface area (Å²) in [5.74, 6) is 0. The molecule has 0 aromatic rings. The van der Waals surface area contributed by atoms with Crippen molar-refractivity contribution in [1.82, 2.24) is 4.90 Å². The van der Waals surface area contributed by atoms with Gasteiger partial charge < -0.3 is 4.90 Å². The Balaban J connectivity index is -0.000000218. The normalized spacial score (nSPS) is 9.77. The van der Waals surface area contributed by atoms with Gasteiger partial charge in [0.2, 0.25) is 0 Å². The van der Waals surface area contributed by atoms with Crippen LogP contribution in [0.1, 0.15) is 48.0 Å². The molecular formula is C12H29N. The Morgan fingerprint density at radius 3 is 1.69 bits per heavy atom. The second kappa shape index (κ2) is 17.7. The van der Waals surface area contributed by atoms with Crippen LogP contribution in [0, 0.1) is 0 Å². The highest BCUT2D eigenvalue weighted by Crippen LogP contribution is 1.96. The average molecular weight is 187 g/mol. The van der Waals surface area contributed by atoms with Crippen molar-refractivity contribution in [3.05, 3.63) is 11.6 Å². The van der Waals surface area contributed by atoms with E-state index in [-0.39, 0.29) is 0 Å². The quantitative estimate of drug-likeness (QED) is 0.605. The third kappa shape index (κ3) is 24.5. The molecule has 1 nitrogen and oxygen atoms in total. The van der Waals surface area contributed by atoms with Gasteiger partial charge in [-0.05, 0) is 27.4 Å². The van der Waals surface area contributed by atoms with Crippen LogP contribution in [0.15, 0.2) is 11.6 Å². The third-order valence-corrected chi connectivity index (χ3v) is 1.36. The molecular weight excluding hydrogens is 158 g/mol. The molecule has 13 heavy (non-hydrogen) atoms. The van der Waals surface area contributed by atoms with E-state index < -0.39 is 0 Å². The topological polar surface area (TPSA) is 3.24 Å². The van der Waals surface area contributed by atoms with Crippen molar-refractivity contribution in [2.24, 2.45) is 0 Å². The van der Waals surface area contributed by atoms with Gasteiger partial charge in [-0.3, -0.25) is 0 Å². The minimum absolute atomic E-state index is 1.07. The lowest BCUT2D eigenvalue weighted by molar-refractivity contribution is 0.455. The summed E-state index contributed by atoms with van der Waals surface area (Å²) >= 11 is 0. The predicted molar refractivity (Wildman–Crippen MR) is 65.3 cm³/mol. The van der Waals surface area contributed by atoms with Crippen molar-refractivity contribution in [1.29, 1.82) is 0 Å². The van der Waals surface area contributed by atoms with E-state index in [1.165, 1.54) is 12.0 Å². The first-order valence-corrected chi connectivity index (χ1v) is 5.47. The summed E-state index contributed by atoms with van der Waals surface area (Å²) in [6.07, 6.45) is 3.44. The first kappa shape index (κ1) is 18.5. The Kier molecular flexibility index (Phi) is 25.2. The second-order valence-electron chi connectivity index (χ2n) is 2.67. The van der Waals surface area contributed by atoms with Gasteiger partial charge in [0.15, 0.2) is 0 Å². The summed E-state index contributed by atoms with van der Waals surface area (Å²) in [4.78, 5) is 2.17. The molecule has 0 N–H and O–H groups in total. The highest BCUT2D eigenvalue weighted by atomic mass is 15.0. The van der Waals surface area contributed by atoms with Gasteiger partial charge in [-0.15, -0.1) is 0 Å². The maximum atomic E-state index is 2.26. The van der Waals surface area contributed by atoms with Crippen LogP contribution in [0.25, 0.3) is 0 Å². The van der Waals surface area contributed by atoms with E-state index in [1.807, 2.05) is 27.7 Å². The highest BCUT2D eigenvalue weighted by molar-refractivity contribution is 4.97. The molecule has 0 saturated carbocycles. The first-order valence-electron chi connectivity index (χ1n) is 5.47. The molecule has 1 heteroatoms. The molecule has 0 rings (SSSR count). The fourth-order valence-electron chi connectivity index (χ4n) is 0.483. The molecule has 0 heterocycles. The average Bonchev–Trinajstić information content (AvgIpc) is 2.20. The SMILES string of the molecule is CC.CC.CC/C(C)=C/CN(C)C. The van der Waals surface area contributed by atoms with E-state index in [9.17, 15) is 0 Å². The minimum atomic E-state index is 1.07. The Morgan fingerprint density at radius 2 is 1.46 bits per heavy atom. The van der Waals surface area contributed by atoms with Crippen LogP contribution >= 0.6 is 0 Å². The number of rotatable bonds is 3. The molecule has 0 amide bonds. The van der Waals surface area contributed by atoms with Gasteiger partial charge >= 0.3 is 0 Å². The largest absolute Gasteiger partial charge is 0.306 e. The molecule has 0 spiro atoms. The van der Waals surface area contributed by atoms with Crippen LogP contribution in [-0.4, -0.2) is 25.5 Å². The lowest BCUT2D eigenvalue weighted by Crippen LogP contribution is -2.10. The standard InChI is InChI=1S/C8H17N.2C2H6/c1-5-8(2)6-7-9(3)4;2*1-2/h6H,5,7H2,1-4H3;2*1-2H3/b8-6+;;. The van der Waals surface area contributed by atoms with Gasteiger partial charge in [0.05, 0.1) is 0 Å². The van der Waals surface area contributed by atoms with Crippen LogP contribution in [0.4, 0.5) is 0 Å². The summed E-state index contributed by atoms with van der Waals surface area (Å²) < 4.78 is 0. The molecule has 0 unspecified atom stereocenters. The fraction of sp³-hybridized carbons (Fsp3) is 0.833. The molecule has 0 atom stereocenters. The van der Waals surface area contributed by atoms with Crippen LogP contribution in [0.5, 0.6) is 0 Å². The lowest BCUT2D eigenvalue weighted by Gasteiger charge is -2.04. The maximum Gasteiger partial charge on any atom is 0.0159 e. The molecule has 0 radical (unpaired) electrons. The molecule has 82 valence electrons. The molecule has 0 aliphatic carbocycles. The van der Waals surface area contributed by atoms with Crippen LogP contribution in [-0.2, 0) is 0 Å². The monoisotopic (exact) mass is 187 g/mol. The summed E-state index contributed by atoms with van der Waals surface area (Å²) in [6, 6.07) is 0. The van der Waals surface area contributed by atoms with Crippen molar-refractivity contribution in [3.63, 3.8) is 0 Å². The third-order valence-electron chi connectivity index (χ3n) is 1.36. The molecule has 0 saturated heterocycles. The van der Waals surface area contributed by atoms with E-state index in [2.05, 4.69) is 38.9 Å². The zero-order valence-electron chi connectivity index (χ0n) is 10.9. The Bertz CT molecular complexity index is 93.3. The van der Waals surface area contributed by atoms with E-state index in [4.69, 9.17) is 0 Å². The van der Waals surface area contributed by atoms with Gasteiger partial charge in [-0.25, -0.2) is 0 Å². The zero-order chi connectivity index (χ0) is 11.3. The molecule has 0 aromatic carbocycles. The summed E-state index contributed by atoms with van der Waals surface area (Å²) in [6.45, 7) is 13.4. The molecule has 0 aromatic heterocycles. The molecule has 0 bridgehead atoms. The van der Waals surface area contributed by atoms with Gasteiger partial charge in [0.1, 0.15) is 0 Å². The lowest BCUT2D eigenvalue weighted by atomic mass is 10.2. The fourth-order valence-corrected chi connectivity index (χ4v) is 0.483. The number of allylic oxidation sites excluding steroid dienone is 1. The number of hydrogen-bond donors (Lipinski definition) is 0. The zero-order valence-corrected chi connectivity index (χ0v) is 10.9. The Hall–Kier alpha value is -0.300. The number of nitrogens with zero attached hydrogens (tertiary/aromatic N) is 1. The van der Waals surface area contributed by atoms with Gasteiger partial charge in [0, 0.05) is 6.54 Å². The summed E-state index contributed by atoms with van der Waals surface area (Å²) in [5.41, 5.74) is 1.48. The molecule has 0 aliphatic heterocycles. The molecule has 0 fully saturated rings. The predicted octanol–water partition coefficient (Wildman–Crippen LogP) is 3.96. The minimum Gasteiger partial charge on any atom is -0.306 e. The maximum absolute atomic E-state index is 2.26. The van der Waals surface area contributed by atoms with Crippen LogP contribution in [0.2, 0.25) is 0 Å². The van der Waals surface area contributed by atoms with Crippen molar-refractivity contribution in [2.75, 3.05) is 20.6 Å². The van der Waals surface area contributed by atoms with Crippen molar-refractivity contribution < 1.29 is 0 Å². The van der Waals surface area contributed by atoms with Gasteiger partial charge in [-0.1, -0.05) is 46.3 Å². The summed E-state index contributed by atoms with van der Waals surface area (Å²) in [5, 5.41) is 0. The van der Waals surface area contributed by atoms with Crippen molar-refractivity contribution >= 4 is 0 Å². The van der Waals surface area contributed by atoms with Crippen LogP contribution < -0.4 is 0 Å². The number of likely N-dealkylation sites (N-methyl/N-ethyl adjacent to an activating group) is 1. The van der Waals surface area contributed by atoms with E-state index in [0.717, 1.165) is 6.54 Å². The van der Waals surface area contributed by atoms with Crippen molar-refractivity contribution in [3.8, 4) is 0 Å². The van der Waals surface area contributed by atoms with Crippen molar-refractivity contribution in [2.45, 2.75) is 48.0 Å². The van der Waals surface area contributed by atoms with E-state index >= 15 is 0 Å². The Labute approximate surface area is 85.8 Å². The van der Waals surface area contributed by atoms with E-state index in [0.29, 0.717) is 0 Å². The van der Waals surface area contributed by atoms with Gasteiger partial charge in [0.25, 0.3) is 0 Å². The first-order chi connectivity index (χ1) is 6.16. The molecule has 0 aliphatic rings. The smallest absolute Gasteiger partial charge is 0.0159 e. The highest BCUT2D eigenvalue weighted by Gasteiger charge is 1.84. The van der Waals surface area contributed by atoms with Crippen LogP contribution in [0.3, 0.4) is 0 Å². The Morgan fingerprint density at radius 1 is 1.08 bits per heavy atom. The number of hydrogen-bond acceptors (Lipinski definition) is 1. The second-order valence-corrected chi connectivity index (χ2v) is 2.67. The van der Waals surface area contributed by atoms with Gasteiger partial charge in [-0.2, -0.15) is 0 Å². The summed E-state index contributed by atoms with van der Waals surface area (Å²) in [7, 11) is 4.17.